The van der Waals surface area contributed by atoms with Crippen molar-refractivity contribution in [3.63, 3.8) is 0 Å². The van der Waals surface area contributed by atoms with Crippen molar-refractivity contribution in [2.24, 2.45) is 0 Å². The third-order valence-corrected chi connectivity index (χ3v) is 12.2. The first kappa shape index (κ1) is 38.1. The summed E-state index contributed by atoms with van der Waals surface area (Å²) in [5, 5.41) is -0.649. The Balaban J connectivity index is 1.99. The first-order valence-electron chi connectivity index (χ1n) is 14.9. The molecule has 0 aromatic heterocycles. The summed E-state index contributed by atoms with van der Waals surface area (Å²) in [7, 11) is 0. The number of benzene rings is 4. The Kier molecular flexibility index (Phi) is 13.4. The van der Waals surface area contributed by atoms with Gasteiger partial charge in [0.2, 0.25) is 20.5 Å². The zero-order valence-electron chi connectivity index (χ0n) is 27.6. The fourth-order valence-electron chi connectivity index (χ4n) is 4.28. The molecule has 9 heteroatoms. The van der Waals surface area contributed by atoms with E-state index in [0.717, 1.165) is 88.9 Å². The van der Waals surface area contributed by atoms with Crippen LogP contribution in [0.25, 0.3) is 22.3 Å². The summed E-state index contributed by atoms with van der Waals surface area (Å²) in [5.74, 6) is 0. The molecule has 248 valence electrons. The minimum absolute atomic E-state index is 0.155. The van der Waals surface area contributed by atoms with Crippen LogP contribution in [0.15, 0.2) is 163 Å². The predicted octanol–water partition coefficient (Wildman–Crippen LogP) is 12.0. The minimum atomic E-state index is -0.169. The lowest BCUT2D eigenvalue weighted by Gasteiger charge is -2.20. The molecule has 0 radical (unpaired) electrons. The second kappa shape index (κ2) is 17.3. The second-order valence-corrected chi connectivity index (χ2v) is 16.2. The predicted molar refractivity (Wildman–Crippen MR) is 211 cm³/mol. The highest BCUT2D eigenvalue weighted by Gasteiger charge is 2.23. The van der Waals surface area contributed by atoms with Gasteiger partial charge in [-0.3, -0.25) is 19.2 Å². The highest BCUT2D eigenvalue weighted by atomic mass is 32.2. The molecule has 0 saturated heterocycles. The molecule has 0 spiro atoms. The van der Waals surface area contributed by atoms with Crippen molar-refractivity contribution >= 4 is 79.3 Å². The first-order valence-corrected chi connectivity index (χ1v) is 19.0. The van der Waals surface area contributed by atoms with Gasteiger partial charge in [-0.25, -0.2) is 0 Å². The van der Waals surface area contributed by atoms with Crippen LogP contribution in [0.5, 0.6) is 0 Å². The molecule has 4 rings (SSSR count). The monoisotopic (exact) mass is 738 g/mol. The van der Waals surface area contributed by atoms with Crippen molar-refractivity contribution < 1.29 is 19.2 Å². The highest BCUT2D eigenvalue weighted by Crippen LogP contribution is 2.50. The minimum Gasteiger partial charge on any atom is -0.282 e. The van der Waals surface area contributed by atoms with Crippen molar-refractivity contribution in [1.82, 2.24) is 0 Å². The second-order valence-electron chi connectivity index (χ2n) is 11.0. The standard InChI is InChI=1S/C40H34O4S5/c1-23(2)37(41)46-29-17-11-9-15-27(29)35-31(19-13-21-33(35)48-39(43)25(5)6)45-32-20-14-22-34(49-40(44)26(7)8)36(32)28-16-10-12-18-30(28)47-38(42)24(3)4/h9-22H,1,3,5,7H2,2,4,6,8H3. The Morgan fingerprint density at radius 1 is 0.388 bits per heavy atom. The van der Waals surface area contributed by atoms with Gasteiger partial charge in [0.05, 0.1) is 0 Å². The Hall–Kier alpha value is -3.73. The molecule has 0 aliphatic rings. The van der Waals surface area contributed by atoms with E-state index in [0.29, 0.717) is 32.1 Å². The van der Waals surface area contributed by atoms with E-state index in [4.69, 9.17) is 0 Å². The van der Waals surface area contributed by atoms with Crippen molar-refractivity contribution in [1.29, 1.82) is 0 Å². The molecule has 0 atom stereocenters. The van der Waals surface area contributed by atoms with Gasteiger partial charge in [0.1, 0.15) is 0 Å². The van der Waals surface area contributed by atoms with E-state index in [-0.39, 0.29) is 20.5 Å². The quantitative estimate of drug-likeness (QED) is 0.104. The molecule has 0 fully saturated rings. The van der Waals surface area contributed by atoms with E-state index in [2.05, 4.69) is 26.3 Å². The van der Waals surface area contributed by atoms with Crippen LogP contribution in [0.1, 0.15) is 27.7 Å². The van der Waals surface area contributed by atoms with Gasteiger partial charge in [0, 0.05) is 40.5 Å². The summed E-state index contributed by atoms with van der Waals surface area (Å²) in [6.07, 6.45) is 0. The molecule has 0 bridgehead atoms. The van der Waals surface area contributed by atoms with Gasteiger partial charge in [-0.05, 0) is 145 Å². The Bertz CT molecular complexity index is 1900. The van der Waals surface area contributed by atoms with E-state index in [1.54, 1.807) is 27.7 Å². The smallest absolute Gasteiger partial charge is 0.219 e. The van der Waals surface area contributed by atoms with Gasteiger partial charge in [-0.1, -0.05) is 86.6 Å². The fourth-order valence-corrected chi connectivity index (χ4v) is 8.87. The van der Waals surface area contributed by atoms with Crippen molar-refractivity contribution in [3.05, 3.63) is 134 Å². The molecule has 4 aromatic rings. The SMILES string of the molecule is C=C(C)C(=O)Sc1ccccc1-c1c(SC(=O)C(=C)C)cccc1Sc1cccc(SC(=O)C(=C)C)c1-c1ccccc1SC(=O)C(=C)C. The first-order chi connectivity index (χ1) is 23.3. The summed E-state index contributed by atoms with van der Waals surface area (Å²) < 4.78 is 0. The van der Waals surface area contributed by atoms with E-state index in [1.807, 2.05) is 84.9 Å². The topological polar surface area (TPSA) is 68.3 Å². The maximum absolute atomic E-state index is 13.0. The van der Waals surface area contributed by atoms with Crippen LogP contribution in [0.3, 0.4) is 0 Å². The number of rotatable bonds is 12. The molecule has 0 aliphatic carbocycles. The molecular formula is C40H34O4S5. The number of hydrogen-bond donors (Lipinski definition) is 0. The van der Waals surface area contributed by atoms with Crippen molar-refractivity contribution in [3.8, 4) is 22.3 Å². The van der Waals surface area contributed by atoms with Crippen LogP contribution in [0, 0.1) is 0 Å². The van der Waals surface area contributed by atoms with Crippen LogP contribution in [0.2, 0.25) is 0 Å². The third-order valence-electron chi connectivity index (χ3n) is 6.71. The largest absolute Gasteiger partial charge is 0.282 e. The molecule has 49 heavy (non-hydrogen) atoms. The fraction of sp³-hybridized carbons (Fsp3) is 0.100. The number of hydrogen-bond acceptors (Lipinski definition) is 9. The van der Waals surface area contributed by atoms with Crippen LogP contribution in [0.4, 0.5) is 0 Å². The van der Waals surface area contributed by atoms with Crippen LogP contribution >= 0.6 is 58.8 Å². The Morgan fingerprint density at radius 3 is 0.980 bits per heavy atom. The van der Waals surface area contributed by atoms with Crippen LogP contribution in [-0.4, -0.2) is 20.5 Å². The average Bonchev–Trinajstić information content (AvgIpc) is 3.05. The number of thioether (sulfide) groups is 4. The summed E-state index contributed by atoms with van der Waals surface area (Å²) in [6.45, 7) is 22.1. The van der Waals surface area contributed by atoms with E-state index in [9.17, 15) is 19.2 Å². The summed E-state index contributed by atoms with van der Waals surface area (Å²) >= 11 is 5.84. The summed E-state index contributed by atoms with van der Waals surface area (Å²) in [6, 6.07) is 26.7. The maximum Gasteiger partial charge on any atom is 0.219 e. The van der Waals surface area contributed by atoms with E-state index in [1.165, 1.54) is 11.8 Å². The molecule has 0 aliphatic heterocycles. The molecular weight excluding hydrogens is 705 g/mol. The lowest BCUT2D eigenvalue weighted by molar-refractivity contribution is -0.108. The van der Waals surface area contributed by atoms with Crippen molar-refractivity contribution in [2.45, 2.75) is 57.1 Å². The van der Waals surface area contributed by atoms with Gasteiger partial charge >= 0.3 is 0 Å². The van der Waals surface area contributed by atoms with Gasteiger partial charge < -0.3 is 0 Å². The van der Waals surface area contributed by atoms with Crippen LogP contribution in [-0.2, 0) is 19.2 Å². The zero-order valence-corrected chi connectivity index (χ0v) is 31.7. The lowest BCUT2D eigenvalue weighted by Crippen LogP contribution is -1.98. The van der Waals surface area contributed by atoms with E-state index >= 15 is 0 Å². The van der Waals surface area contributed by atoms with Gasteiger partial charge in [0.15, 0.2) is 0 Å². The molecule has 0 heterocycles. The molecule has 0 amide bonds. The molecule has 4 aromatic carbocycles. The van der Waals surface area contributed by atoms with Crippen LogP contribution < -0.4 is 0 Å². The average molecular weight is 739 g/mol. The van der Waals surface area contributed by atoms with Crippen molar-refractivity contribution in [2.75, 3.05) is 0 Å². The molecule has 4 nitrogen and oxygen atoms in total. The molecule has 0 N–H and O–H groups in total. The van der Waals surface area contributed by atoms with Gasteiger partial charge in [-0.15, -0.1) is 0 Å². The van der Waals surface area contributed by atoms with Gasteiger partial charge in [-0.2, -0.15) is 0 Å². The van der Waals surface area contributed by atoms with Gasteiger partial charge in [0.25, 0.3) is 0 Å². The maximum atomic E-state index is 13.0. The summed E-state index contributed by atoms with van der Waals surface area (Å²) in [5.41, 5.74) is 4.84. The summed E-state index contributed by atoms with van der Waals surface area (Å²) in [4.78, 5) is 56.3. The molecule has 0 saturated carbocycles. The number of carbonyl (C=O) groups is 4. The highest BCUT2D eigenvalue weighted by molar-refractivity contribution is 8.15. The molecule has 0 unspecified atom stereocenters. The number of carbonyl (C=O) groups excluding carboxylic acids is 4. The zero-order chi connectivity index (χ0) is 35.8. The lowest BCUT2D eigenvalue weighted by atomic mass is 10.1. The normalized spacial score (nSPS) is 10.7. The Labute approximate surface area is 309 Å². The van der Waals surface area contributed by atoms with E-state index < -0.39 is 0 Å². The Morgan fingerprint density at radius 2 is 0.653 bits per heavy atom. The third kappa shape index (κ3) is 9.71.